The molecule has 1 aliphatic heterocycles. The zero-order valence-electron chi connectivity index (χ0n) is 18.0. The Morgan fingerprint density at radius 1 is 1.17 bits per heavy atom. The number of aryl methyl sites for hydroxylation is 1. The van der Waals surface area contributed by atoms with Gasteiger partial charge in [-0.1, -0.05) is 18.3 Å². The molecule has 3 heterocycles. The quantitative estimate of drug-likeness (QED) is 0.637. The number of rotatable bonds is 6. The number of hydrogen-bond acceptors (Lipinski definition) is 8. The summed E-state index contributed by atoms with van der Waals surface area (Å²) >= 11 is 1.46. The first-order valence-corrected chi connectivity index (χ1v) is 10.9. The summed E-state index contributed by atoms with van der Waals surface area (Å²) in [6, 6.07) is 3.76. The van der Waals surface area contributed by atoms with Crippen molar-refractivity contribution in [3.8, 4) is 23.1 Å². The largest absolute Gasteiger partial charge is 0.493 e. The lowest BCUT2D eigenvalue weighted by Gasteiger charge is -2.37. The first-order valence-electron chi connectivity index (χ1n) is 10.1. The minimum atomic E-state index is -0.171. The summed E-state index contributed by atoms with van der Waals surface area (Å²) in [5.41, 5.74) is 0.968. The Morgan fingerprint density at radius 2 is 1.87 bits per heavy atom. The Labute approximate surface area is 180 Å². The summed E-state index contributed by atoms with van der Waals surface area (Å²) in [7, 11) is 4.82. The first-order chi connectivity index (χ1) is 14.5. The molecule has 30 heavy (non-hydrogen) atoms. The molecule has 1 N–H and O–H groups in total. The van der Waals surface area contributed by atoms with Gasteiger partial charge in [0.1, 0.15) is 5.82 Å². The molecule has 4 rings (SSSR count). The van der Waals surface area contributed by atoms with E-state index in [1.807, 2.05) is 19.1 Å². The van der Waals surface area contributed by atoms with Crippen LogP contribution in [-0.2, 0) is 0 Å². The summed E-state index contributed by atoms with van der Waals surface area (Å²) < 4.78 is 18.2. The number of likely N-dealkylation sites (tertiary alicyclic amines) is 1. The van der Waals surface area contributed by atoms with Crippen LogP contribution in [0.3, 0.4) is 0 Å². The second-order valence-corrected chi connectivity index (χ2v) is 8.76. The molecule has 2 atom stereocenters. The zero-order chi connectivity index (χ0) is 21.4. The molecule has 0 spiro atoms. The van der Waals surface area contributed by atoms with Gasteiger partial charge in [0.2, 0.25) is 16.6 Å². The summed E-state index contributed by atoms with van der Waals surface area (Å²) in [6.07, 6.45) is 2.32. The number of ether oxygens (including phenoxy) is 3. The van der Waals surface area contributed by atoms with Crippen LogP contribution in [0, 0.1) is 12.8 Å². The van der Waals surface area contributed by atoms with Gasteiger partial charge in [-0.3, -0.25) is 4.90 Å². The van der Waals surface area contributed by atoms with Crippen LogP contribution in [0.4, 0.5) is 0 Å². The molecule has 0 unspecified atom stereocenters. The number of fused-ring (bicyclic) bond motifs is 1. The number of nitrogens with zero attached hydrogens (tertiary/aromatic N) is 4. The van der Waals surface area contributed by atoms with Crippen LogP contribution in [0.1, 0.15) is 42.1 Å². The molecular weight excluding hydrogens is 404 g/mol. The number of methoxy groups -OCH3 is 3. The highest BCUT2D eigenvalue weighted by Gasteiger charge is 2.33. The Bertz CT molecular complexity index is 1020. The molecule has 1 fully saturated rings. The van der Waals surface area contributed by atoms with Crippen molar-refractivity contribution < 1.29 is 19.3 Å². The van der Waals surface area contributed by atoms with E-state index in [2.05, 4.69) is 21.9 Å². The van der Waals surface area contributed by atoms with Crippen LogP contribution in [0.2, 0.25) is 0 Å². The Hall–Kier alpha value is -2.52. The molecular formula is C21H28N4O4S. The highest BCUT2D eigenvalue weighted by Crippen LogP contribution is 2.46. The van der Waals surface area contributed by atoms with Gasteiger partial charge in [0.05, 0.1) is 32.2 Å². The molecule has 9 heteroatoms. The fourth-order valence-corrected chi connectivity index (χ4v) is 5.44. The minimum Gasteiger partial charge on any atom is -0.493 e. The van der Waals surface area contributed by atoms with Crippen molar-refractivity contribution in [2.45, 2.75) is 32.7 Å². The molecule has 0 saturated carbocycles. The number of piperidine rings is 1. The van der Waals surface area contributed by atoms with E-state index < -0.39 is 0 Å². The lowest BCUT2D eigenvalue weighted by molar-refractivity contribution is 0.148. The van der Waals surface area contributed by atoms with E-state index >= 15 is 0 Å². The second-order valence-electron chi connectivity index (χ2n) is 7.75. The maximum Gasteiger partial charge on any atom is 0.230 e. The molecule has 162 valence electrons. The van der Waals surface area contributed by atoms with Crippen LogP contribution in [-0.4, -0.2) is 59.0 Å². The van der Waals surface area contributed by atoms with Gasteiger partial charge in [0, 0.05) is 6.54 Å². The molecule has 0 bridgehead atoms. The number of thiazole rings is 1. The molecule has 0 aliphatic carbocycles. The van der Waals surface area contributed by atoms with E-state index in [9.17, 15) is 5.11 Å². The molecule has 8 nitrogen and oxygen atoms in total. The molecule has 0 radical (unpaired) electrons. The third-order valence-corrected chi connectivity index (χ3v) is 6.68. The maximum atomic E-state index is 11.0. The first kappa shape index (κ1) is 20.7. The van der Waals surface area contributed by atoms with Crippen molar-refractivity contribution in [2.75, 3.05) is 34.4 Å². The maximum absolute atomic E-state index is 11.0. The highest BCUT2D eigenvalue weighted by molar-refractivity contribution is 7.17. The number of benzene rings is 1. The molecule has 1 aromatic carbocycles. The Morgan fingerprint density at radius 3 is 2.43 bits per heavy atom. The zero-order valence-corrected chi connectivity index (χ0v) is 18.8. The van der Waals surface area contributed by atoms with E-state index in [1.165, 1.54) is 22.3 Å². The van der Waals surface area contributed by atoms with Crippen molar-refractivity contribution in [1.29, 1.82) is 0 Å². The van der Waals surface area contributed by atoms with Gasteiger partial charge in [-0.15, -0.1) is 5.10 Å². The van der Waals surface area contributed by atoms with Crippen LogP contribution in [0.25, 0.3) is 4.96 Å². The Balaban J connectivity index is 1.89. The number of aromatic nitrogens is 3. The SMILES string of the molecule is COc1cc([C@H](c2sc3nc(C)nn3c2O)N2CCC[C@H](C)C2)cc(OC)c1OC. The predicted molar refractivity (Wildman–Crippen MR) is 115 cm³/mol. The van der Waals surface area contributed by atoms with Crippen LogP contribution >= 0.6 is 11.3 Å². The van der Waals surface area contributed by atoms with Crippen LogP contribution in [0.5, 0.6) is 23.1 Å². The van der Waals surface area contributed by atoms with E-state index in [-0.39, 0.29) is 11.9 Å². The van der Waals surface area contributed by atoms with Gasteiger partial charge < -0.3 is 19.3 Å². The lowest BCUT2D eigenvalue weighted by Crippen LogP contribution is -2.37. The highest BCUT2D eigenvalue weighted by atomic mass is 32.1. The van der Waals surface area contributed by atoms with Crippen molar-refractivity contribution in [1.82, 2.24) is 19.5 Å². The molecule has 1 saturated heterocycles. The van der Waals surface area contributed by atoms with E-state index in [4.69, 9.17) is 14.2 Å². The average molecular weight is 433 g/mol. The monoisotopic (exact) mass is 432 g/mol. The average Bonchev–Trinajstić information content (AvgIpc) is 3.24. The van der Waals surface area contributed by atoms with Crippen LogP contribution < -0.4 is 14.2 Å². The summed E-state index contributed by atoms with van der Waals surface area (Å²) in [4.78, 5) is 8.35. The summed E-state index contributed by atoms with van der Waals surface area (Å²) in [5, 5.41) is 15.4. The number of hydrogen-bond donors (Lipinski definition) is 1. The fraction of sp³-hybridized carbons (Fsp3) is 0.524. The van der Waals surface area contributed by atoms with E-state index in [1.54, 1.807) is 21.3 Å². The normalized spacial score (nSPS) is 18.5. The molecule has 0 amide bonds. The van der Waals surface area contributed by atoms with Gasteiger partial charge >= 0.3 is 0 Å². The van der Waals surface area contributed by atoms with E-state index in [0.717, 1.165) is 30.0 Å². The van der Waals surface area contributed by atoms with Gasteiger partial charge in [-0.2, -0.15) is 4.52 Å². The Kier molecular flexibility index (Phi) is 5.75. The standard InChI is InChI=1S/C21H28N4O4S/c1-12-7-6-8-24(11-12)17(19-20(26)25-21(30-19)22-13(2)23-25)14-9-15(27-3)18(29-5)16(10-14)28-4/h9-10,12,17,26H,6-8,11H2,1-5H3/t12-,17+/m0/s1. The second kappa shape index (κ2) is 8.31. The number of aromatic hydroxyl groups is 1. The van der Waals surface area contributed by atoms with Gasteiger partial charge in [0.15, 0.2) is 11.5 Å². The predicted octanol–water partition coefficient (Wildman–Crippen LogP) is 3.65. The van der Waals surface area contributed by atoms with Crippen molar-refractivity contribution in [2.24, 2.45) is 5.92 Å². The molecule has 1 aliphatic rings. The third-order valence-electron chi connectivity index (χ3n) is 5.61. The summed E-state index contributed by atoms with van der Waals surface area (Å²) in [5.74, 6) is 3.09. The summed E-state index contributed by atoms with van der Waals surface area (Å²) in [6.45, 7) is 5.97. The smallest absolute Gasteiger partial charge is 0.230 e. The molecule has 3 aromatic rings. The van der Waals surface area contributed by atoms with Gasteiger partial charge in [-0.05, 0) is 49.9 Å². The van der Waals surface area contributed by atoms with E-state index in [0.29, 0.717) is 34.0 Å². The van der Waals surface area contributed by atoms with Crippen LogP contribution in [0.15, 0.2) is 12.1 Å². The van der Waals surface area contributed by atoms with Gasteiger partial charge in [-0.25, -0.2) is 4.98 Å². The topological polar surface area (TPSA) is 81.4 Å². The van der Waals surface area contributed by atoms with Crippen molar-refractivity contribution in [3.63, 3.8) is 0 Å². The fourth-order valence-electron chi connectivity index (χ4n) is 4.27. The van der Waals surface area contributed by atoms with Crippen molar-refractivity contribution in [3.05, 3.63) is 28.4 Å². The lowest BCUT2D eigenvalue weighted by atomic mass is 9.95. The van der Waals surface area contributed by atoms with Crippen molar-refractivity contribution >= 4 is 16.3 Å². The molecule has 2 aromatic heterocycles. The van der Waals surface area contributed by atoms with Gasteiger partial charge in [0.25, 0.3) is 0 Å². The third kappa shape index (κ3) is 3.56. The minimum absolute atomic E-state index is 0.132.